The van der Waals surface area contributed by atoms with Gasteiger partial charge in [0.1, 0.15) is 11.5 Å². The first-order valence-electron chi connectivity index (χ1n) is 5.08. The van der Waals surface area contributed by atoms with E-state index in [-0.39, 0.29) is 0 Å². The molecule has 2 heterocycles. The fraction of sp³-hybridized carbons (Fsp3) is 0.182. The lowest BCUT2D eigenvalue weighted by Crippen LogP contribution is -2.11. The monoisotopic (exact) mass is 231 g/mol. The van der Waals surface area contributed by atoms with Crippen molar-refractivity contribution in [2.75, 3.05) is 12.5 Å². The molecule has 0 unspecified atom stereocenters. The zero-order valence-corrected chi connectivity index (χ0v) is 9.42. The Morgan fingerprint density at radius 3 is 2.88 bits per heavy atom. The summed E-state index contributed by atoms with van der Waals surface area (Å²) in [6.07, 6.45) is 1.69. The van der Waals surface area contributed by atoms with Crippen molar-refractivity contribution in [2.45, 2.75) is 6.61 Å². The minimum Gasteiger partial charge on any atom is -0.378 e. The molecular formula is C11H13N5O. The van der Waals surface area contributed by atoms with Crippen molar-refractivity contribution >= 4 is 5.82 Å². The zero-order valence-electron chi connectivity index (χ0n) is 9.42. The molecule has 0 aliphatic carbocycles. The van der Waals surface area contributed by atoms with Gasteiger partial charge in [-0.1, -0.05) is 6.07 Å². The van der Waals surface area contributed by atoms with E-state index in [1.54, 1.807) is 19.4 Å². The Hall–Kier alpha value is -2.05. The molecular weight excluding hydrogens is 218 g/mol. The molecule has 0 aliphatic heterocycles. The molecule has 2 aromatic rings. The molecule has 0 fully saturated rings. The van der Waals surface area contributed by atoms with Gasteiger partial charge in [-0.15, -0.1) is 0 Å². The highest BCUT2D eigenvalue weighted by Crippen LogP contribution is 2.15. The normalized spacial score (nSPS) is 10.2. The summed E-state index contributed by atoms with van der Waals surface area (Å²) in [4.78, 5) is 12.8. The Morgan fingerprint density at radius 1 is 1.35 bits per heavy atom. The number of rotatable bonds is 4. The van der Waals surface area contributed by atoms with E-state index in [2.05, 4.69) is 20.4 Å². The van der Waals surface area contributed by atoms with Crippen LogP contribution < -0.4 is 11.3 Å². The van der Waals surface area contributed by atoms with Crippen molar-refractivity contribution in [2.24, 2.45) is 5.84 Å². The lowest BCUT2D eigenvalue weighted by Gasteiger charge is -2.06. The number of nitrogens with zero attached hydrogens (tertiary/aromatic N) is 3. The lowest BCUT2D eigenvalue weighted by atomic mass is 10.3. The van der Waals surface area contributed by atoms with Crippen LogP contribution in [0.25, 0.3) is 11.5 Å². The summed E-state index contributed by atoms with van der Waals surface area (Å²) in [5.74, 6) is 6.42. The van der Waals surface area contributed by atoms with Crippen LogP contribution in [0.4, 0.5) is 5.82 Å². The number of methoxy groups -OCH3 is 1. The van der Waals surface area contributed by atoms with Gasteiger partial charge >= 0.3 is 0 Å². The van der Waals surface area contributed by atoms with Crippen LogP contribution in [0.3, 0.4) is 0 Å². The van der Waals surface area contributed by atoms with Crippen LogP contribution in [0, 0.1) is 0 Å². The van der Waals surface area contributed by atoms with E-state index in [4.69, 9.17) is 10.6 Å². The average molecular weight is 231 g/mol. The molecule has 17 heavy (non-hydrogen) atoms. The van der Waals surface area contributed by atoms with Crippen LogP contribution in [0.15, 0.2) is 30.5 Å². The first-order valence-corrected chi connectivity index (χ1v) is 5.08. The predicted molar refractivity (Wildman–Crippen MR) is 63.8 cm³/mol. The van der Waals surface area contributed by atoms with Crippen LogP contribution in [0.1, 0.15) is 5.69 Å². The first kappa shape index (κ1) is 11.4. The van der Waals surface area contributed by atoms with Crippen molar-refractivity contribution in [3.05, 3.63) is 36.2 Å². The quantitative estimate of drug-likeness (QED) is 0.602. The van der Waals surface area contributed by atoms with E-state index in [1.165, 1.54) is 0 Å². The first-order chi connectivity index (χ1) is 8.33. The number of hydrogen-bond acceptors (Lipinski definition) is 6. The van der Waals surface area contributed by atoms with Crippen molar-refractivity contribution in [3.8, 4) is 11.5 Å². The van der Waals surface area contributed by atoms with Crippen molar-refractivity contribution in [1.29, 1.82) is 0 Å². The second-order valence-corrected chi connectivity index (χ2v) is 3.36. The summed E-state index contributed by atoms with van der Waals surface area (Å²) >= 11 is 0. The highest BCUT2D eigenvalue weighted by Gasteiger charge is 2.06. The van der Waals surface area contributed by atoms with Gasteiger partial charge in [0, 0.05) is 19.4 Å². The predicted octanol–water partition coefficient (Wildman–Crippen LogP) is 0.971. The van der Waals surface area contributed by atoms with Crippen molar-refractivity contribution < 1.29 is 4.74 Å². The minimum absolute atomic E-state index is 0.400. The SMILES string of the molecule is COCc1cc(NN)nc(-c2ccccn2)n1. The minimum atomic E-state index is 0.400. The molecule has 0 amide bonds. The highest BCUT2D eigenvalue weighted by atomic mass is 16.5. The second-order valence-electron chi connectivity index (χ2n) is 3.36. The second kappa shape index (κ2) is 5.33. The van der Waals surface area contributed by atoms with Gasteiger partial charge in [-0.25, -0.2) is 15.8 Å². The molecule has 88 valence electrons. The molecule has 2 aromatic heterocycles. The van der Waals surface area contributed by atoms with E-state index >= 15 is 0 Å². The third-order valence-corrected chi connectivity index (χ3v) is 2.11. The van der Waals surface area contributed by atoms with E-state index in [0.717, 1.165) is 5.69 Å². The summed E-state index contributed by atoms with van der Waals surface area (Å²) in [7, 11) is 1.61. The summed E-state index contributed by atoms with van der Waals surface area (Å²) in [5.41, 5.74) is 3.94. The number of hydrazine groups is 1. The van der Waals surface area contributed by atoms with Crippen LogP contribution in [0.2, 0.25) is 0 Å². The molecule has 0 radical (unpaired) electrons. The Bertz CT molecular complexity index is 488. The van der Waals surface area contributed by atoms with Gasteiger partial charge in [-0.2, -0.15) is 0 Å². The molecule has 6 nitrogen and oxygen atoms in total. The molecule has 0 spiro atoms. The molecule has 0 bridgehead atoms. The third kappa shape index (κ3) is 2.74. The van der Waals surface area contributed by atoms with Gasteiger partial charge in [-0.3, -0.25) is 4.98 Å². The fourth-order valence-electron chi connectivity index (χ4n) is 1.40. The van der Waals surface area contributed by atoms with Gasteiger partial charge in [0.2, 0.25) is 0 Å². The molecule has 6 heteroatoms. The average Bonchev–Trinajstić information content (AvgIpc) is 2.40. The number of pyridine rings is 1. The highest BCUT2D eigenvalue weighted by molar-refractivity contribution is 5.52. The van der Waals surface area contributed by atoms with E-state index in [0.29, 0.717) is 23.9 Å². The topological polar surface area (TPSA) is 86.0 Å². The maximum absolute atomic E-state index is 5.36. The Kier molecular flexibility index (Phi) is 3.59. The molecule has 0 saturated carbocycles. The van der Waals surface area contributed by atoms with Crippen LogP contribution in [-0.2, 0) is 11.3 Å². The number of nitrogens with two attached hydrogens (primary N) is 1. The van der Waals surface area contributed by atoms with Gasteiger partial charge < -0.3 is 10.2 Å². The van der Waals surface area contributed by atoms with Gasteiger partial charge in [-0.05, 0) is 12.1 Å². The number of nitrogen functional groups attached to an aromatic ring is 1. The molecule has 0 aromatic carbocycles. The van der Waals surface area contributed by atoms with Crippen LogP contribution >= 0.6 is 0 Å². The Labute approximate surface area is 98.9 Å². The van der Waals surface area contributed by atoms with Crippen molar-refractivity contribution in [1.82, 2.24) is 15.0 Å². The lowest BCUT2D eigenvalue weighted by molar-refractivity contribution is 0.181. The van der Waals surface area contributed by atoms with Gasteiger partial charge in [0.25, 0.3) is 0 Å². The van der Waals surface area contributed by atoms with Gasteiger partial charge in [0.15, 0.2) is 5.82 Å². The van der Waals surface area contributed by atoms with E-state index in [9.17, 15) is 0 Å². The fourth-order valence-corrected chi connectivity index (χ4v) is 1.40. The maximum atomic E-state index is 5.36. The Morgan fingerprint density at radius 2 is 2.24 bits per heavy atom. The number of anilines is 1. The molecule has 2 rings (SSSR count). The van der Waals surface area contributed by atoms with Crippen LogP contribution in [0.5, 0.6) is 0 Å². The summed E-state index contributed by atoms with van der Waals surface area (Å²) < 4.78 is 5.04. The van der Waals surface area contributed by atoms with Crippen molar-refractivity contribution in [3.63, 3.8) is 0 Å². The standard InChI is InChI=1S/C11H13N5O/c1-17-7-8-6-10(16-12)15-11(14-8)9-4-2-3-5-13-9/h2-6H,7,12H2,1H3,(H,14,15,16). The number of nitrogens with one attached hydrogen (secondary N) is 1. The largest absolute Gasteiger partial charge is 0.378 e. The van der Waals surface area contributed by atoms with Crippen LogP contribution in [-0.4, -0.2) is 22.1 Å². The number of aromatic nitrogens is 3. The number of ether oxygens (including phenoxy) is 1. The Balaban J connectivity index is 2.43. The summed E-state index contributed by atoms with van der Waals surface area (Å²) in [5, 5.41) is 0. The maximum Gasteiger partial charge on any atom is 0.180 e. The third-order valence-electron chi connectivity index (χ3n) is 2.11. The smallest absolute Gasteiger partial charge is 0.180 e. The molecule has 3 N–H and O–H groups in total. The summed E-state index contributed by atoms with van der Waals surface area (Å²) in [6.45, 7) is 0.400. The zero-order chi connectivity index (χ0) is 12.1. The molecule has 0 saturated heterocycles. The molecule has 0 aliphatic rings. The number of hydrogen-bond donors (Lipinski definition) is 2. The van der Waals surface area contributed by atoms with E-state index in [1.807, 2.05) is 18.2 Å². The summed E-state index contributed by atoms with van der Waals surface area (Å²) in [6, 6.07) is 7.29. The van der Waals surface area contributed by atoms with E-state index < -0.39 is 0 Å². The van der Waals surface area contributed by atoms with Gasteiger partial charge in [0.05, 0.1) is 12.3 Å². The molecule has 0 atom stereocenters.